The molecule has 134 valence electrons. The summed E-state index contributed by atoms with van der Waals surface area (Å²) in [6.45, 7) is 6.70. The zero-order valence-electron chi connectivity index (χ0n) is 15.9. The molecule has 2 heteroatoms. The average Bonchev–Trinajstić information content (AvgIpc) is 2.68. The van der Waals surface area contributed by atoms with Gasteiger partial charge in [-0.1, -0.05) is 81.4 Å². The van der Waals surface area contributed by atoms with Crippen molar-refractivity contribution in [3.8, 4) is 22.6 Å². The molecule has 0 spiro atoms. The van der Waals surface area contributed by atoms with Crippen LogP contribution >= 0.6 is 0 Å². The minimum absolute atomic E-state index is 0.169. The monoisotopic (exact) mass is 353 g/mol. The van der Waals surface area contributed by atoms with E-state index in [2.05, 4.69) is 68.2 Å². The topological polar surface area (TPSA) is 22.1 Å². The maximum absolute atomic E-state index is 6.08. The summed E-state index contributed by atoms with van der Waals surface area (Å²) < 4.78 is 6.08. The van der Waals surface area contributed by atoms with E-state index in [-0.39, 0.29) is 5.41 Å². The molecule has 0 unspecified atom stereocenters. The number of benzene rings is 3. The van der Waals surface area contributed by atoms with Crippen LogP contribution in [0, 0.1) is 0 Å². The molecule has 3 aromatic carbocycles. The first-order chi connectivity index (χ1) is 13.0. The zero-order valence-corrected chi connectivity index (χ0v) is 15.9. The molecular weight excluding hydrogens is 330 g/mol. The van der Waals surface area contributed by atoms with E-state index in [1.54, 1.807) is 6.20 Å². The highest BCUT2D eigenvalue weighted by Crippen LogP contribution is 2.31. The number of rotatable bonds is 3. The average molecular weight is 353 g/mol. The molecule has 0 fully saturated rings. The van der Waals surface area contributed by atoms with Crippen LogP contribution in [0.5, 0.6) is 11.5 Å². The van der Waals surface area contributed by atoms with Gasteiger partial charge in [0.15, 0.2) is 5.75 Å². The second kappa shape index (κ2) is 6.88. The van der Waals surface area contributed by atoms with Crippen LogP contribution in [0.1, 0.15) is 26.3 Å². The molecule has 0 amide bonds. The molecule has 0 aliphatic carbocycles. The van der Waals surface area contributed by atoms with Gasteiger partial charge in [-0.05, 0) is 34.2 Å². The minimum atomic E-state index is 0.169. The van der Waals surface area contributed by atoms with Gasteiger partial charge >= 0.3 is 0 Å². The van der Waals surface area contributed by atoms with Crippen molar-refractivity contribution in [3.05, 3.63) is 90.8 Å². The largest absolute Gasteiger partial charge is 0.455 e. The van der Waals surface area contributed by atoms with Crippen LogP contribution in [-0.4, -0.2) is 4.98 Å². The number of aromatic nitrogens is 1. The molecule has 0 radical (unpaired) electrons. The lowest BCUT2D eigenvalue weighted by molar-refractivity contribution is 0.486. The molecule has 1 aromatic heterocycles. The van der Waals surface area contributed by atoms with Crippen LogP contribution in [0.15, 0.2) is 85.2 Å². The van der Waals surface area contributed by atoms with Crippen LogP contribution in [0.3, 0.4) is 0 Å². The van der Waals surface area contributed by atoms with E-state index in [9.17, 15) is 0 Å². The van der Waals surface area contributed by atoms with Crippen molar-refractivity contribution in [2.24, 2.45) is 0 Å². The highest BCUT2D eigenvalue weighted by atomic mass is 16.5. The third kappa shape index (κ3) is 3.70. The highest BCUT2D eigenvalue weighted by molar-refractivity contribution is 5.87. The van der Waals surface area contributed by atoms with Crippen LogP contribution in [-0.2, 0) is 5.41 Å². The van der Waals surface area contributed by atoms with Gasteiger partial charge in [0.2, 0.25) is 0 Å². The summed E-state index contributed by atoms with van der Waals surface area (Å²) in [5.41, 5.74) is 3.90. The van der Waals surface area contributed by atoms with Crippen molar-refractivity contribution in [2.45, 2.75) is 26.2 Å². The van der Waals surface area contributed by atoms with E-state index >= 15 is 0 Å². The quantitative estimate of drug-likeness (QED) is 0.396. The van der Waals surface area contributed by atoms with Gasteiger partial charge in [-0.25, -0.2) is 0 Å². The lowest BCUT2D eigenvalue weighted by atomic mass is 9.86. The predicted molar refractivity (Wildman–Crippen MR) is 112 cm³/mol. The van der Waals surface area contributed by atoms with Crippen molar-refractivity contribution in [2.75, 3.05) is 0 Å². The summed E-state index contributed by atoms with van der Waals surface area (Å²) in [4.78, 5) is 4.28. The minimum Gasteiger partial charge on any atom is -0.455 e. The first-order valence-corrected chi connectivity index (χ1v) is 9.22. The number of hydrogen-bond acceptors (Lipinski definition) is 2. The summed E-state index contributed by atoms with van der Waals surface area (Å²) in [6, 6.07) is 25.1. The Morgan fingerprint density at radius 2 is 1.33 bits per heavy atom. The maximum Gasteiger partial charge on any atom is 0.153 e. The Labute approximate surface area is 160 Å². The second-order valence-corrected chi connectivity index (χ2v) is 7.81. The first kappa shape index (κ1) is 17.3. The SMILES string of the molecule is CC(C)(C)c1ccc(-c2ccc(Oc3cncc4ccccc34)cc2)cc1. The number of ether oxygens (including phenoxy) is 1. The van der Waals surface area contributed by atoms with Crippen LogP contribution in [0.4, 0.5) is 0 Å². The number of pyridine rings is 1. The molecule has 0 saturated heterocycles. The van der Waals surface area contributed by atoms with E-state index in [0.29, 0.717) is 0 Å². The molecule has 0 aliphatic rings. The Hall–Kier alpha value is -3.13. The lowest BCUT2D eigenvalue weighted by Gasteiger charge is -2.19. The standard InChI is InChI=1S/C25H23NO/c1-25(2,3)21-12-8-18(9-13-21)19-10-14-22(15-11-19)27-24-17-26-16-20-6-4-5-7-23(20)24/h4-17H,1-3H3. The van der Waals surface area contributed by atoms with Gasteiger partial charge in [0, 0.05) is 17.0 Å². The fourth-order valence-corrected chi connectivity index (χ4v) is 3.18. The summed E-state index contributed by atoms with van der Waals surface area (Å²) in [7, 11) is 0. The van der Waals surface area contributed by atoms with E-state index in [4.69, 9.17) is 4.74 Å². The Morgan fingerprint density at radius 3 is 2.00 bits per heavy atom. The van der Waals surface area contributed by atoms with Gasteiger partial charge < -0.3 is 4.74 Å². The first-order valence-electron chi connectivity index (χ1n) is 9.22. The zero-order chi connectivity index (χ0) is 18.9. The van der Waals surface area contributed by atoms with Crippen LogP contribution in [0.2, 0.25) is 0 Å². The normalized spacial score (nSPS) is 11.5. The van der Waals surface area contributed by atoms with E-state index in [1.165, 1.54) is 16.7 Å². The van der Waals surface area contributed by atoms with Gasteiger partial charge in [0.1, 0.15) is 5.75 Å². The molecular formula is C25H23NO. The Morgan fingerprint density at radius 1 is 0.704 bits per heavy atom. The van der Waals surface area contributed by atoms with Crippen molar-refractivity contribution >= 4 is 10.8 Å². The van der Waals surface area contributed by atoms with Gasteiger partial charge in [0.25, 0.3) is 0 Å². The van der Waals surface area contributed by atoms with Crippen LogP contribution in [0.25, 0.3) is 21.9 Å². The summed E-state index contributed by atoms with van der Waals surface area (Å²) in [6.07, 6.45) is 3.62. The van der Waals surface area contributed by atoms with E-state index in [1.807, 2.05) is 36.5 Å². The summed E-state index contributed by atoms with van der Waals surface area (Å²) in [5.74, 6) is 1.58. The van der Waals surface area contributed by atoms with Crippen molar-refractivity contribution in [3.63, 3.8) is 0 Å². The molecule has 0 aliphatic heterocycles. The summed E-state index contributed by atoms with van der Waals surface area (Å²) >= 11 is 0. The molecule has 4 rings (SSSR count). The second-order valence-electron chi connectivity index (χ2n) is 7.81. The molecule has 2 nitrogen and oxygen atoms in total. The molecule has 4 aromatic rings. The van der Waals surface area contributed by atoms with Gasteiger partial charge in [-0.3, -0.25) is 4.98 Å². The van der Waals surface area contributed by atoms with Crippen molar-refractivity contribution < 1.29 is 4.74 Å². The summed E-state index contributed by atoms with van der Waals surface area (Å²) in [5, 5.41) is 2.14. The number of hydrogen-bond donors (Lipinski definition) is 0. The Balaban J connectivity index is 1.57. The molecule has 0 saturated carbocycles. The molecule has 1 heterocycles. The highest BCUT2D eigenvalue weighted by Gasteiger charge is 2.13. The fourth-order valence-electron chi connectivity index (χ4n) is 3.18. The van der Waals surface area contributed by atoms with Crippen molar-refractivity contribution in [1.82, 2.24) is 4.98 Å². The van der Waals surface area contributed by atoms with E-state index < -0.39 is 0 Å². The van der Waals surface area contributed by atoms with Gasteiger partial charge in [-0.2, -0.15) is 0 Å². The predicted octanol–water partition coefficient (Wildman–Crippen LogP) is 6.99. The Bertz CT molecular complexity index is 1050. The lowest BCUT2D eigenvalue weighted by Crippen LogP contribution is -2.10. The third-order valence-electron chi connectivity index (χ3n) is 4.80. The number of fused-ring (bicyclic) bond motifs is 1. The van der Waals surface area contributed by atoms with Gasteiger partial charge in [-0.15, -0.1) is 0 Å². The van der Waals surface area contributed by atoms with Crippen LogP contribution < -0.4 is 4.74 Å². The van der Waals surface area contributed by atoms with E-state index in [0.717, 1.165) is 22.3 Å². The fraction of sp³-hybridized carbons (Fsp3) is 0.160. The third-order valence-corrected chi connectivity index (χ3v) is 4.80. The molecule has 0 bridgehead atoms. The van der Waals surface area contributed by atoms with Crippen molar-refractivity contribution in [1.29, 1.82) is 0 Å². The molecule has 0 N–H and O–H groups in total. The smallest absolute Gasteiger partial charge is 0.153 e. The maximum atomic E-state index is 6.08. The van der Waals surface area contributed by atoms with Gasteiger partial charge in [0.05, 0.1) is 6.20 Å². The molecule has 0 atom stereocenters. The number of nitrogens with zero attached hydrogens (tertiary/aromatic N) is 1. The molecule has 27 heavy (non-hydrogen) atoms. The Kier molecular flexibility index (Phi) is 4.41.